The van der Waals surface area contributed by atoms with E-state index in [9.17, 15) is 9.18 Å². The molecule has 4 rings (SSSR count). The fourth-order valence-corrected chi connectivity index (χ4v) is 3.12. The standard InChI is InChI=1S/C21H17FN2O2/c22-15-4-8-18-17-7-3-14(9-19(17)24-20(18)11-15)10-21(26)23-16-5-1-13(12-25)2-6-16/h1-9,11,24-25H,10,12H2,(H,23,26). The molecule has 0 aliphatic rings. The number of hydrogen-bond donors (Lipinski definition) is 3. The molecule has 0 unspecified atom stereocenters. The zero-order valence-electron chi connectivity index (χ0n) is 13.9. The number of carbonyl (C=O) groups is 1. The van der Waals surface area contributed by atoms with Gasteiger partial charge in [-0.25, -0.2) is 4.39 Å². The Bertz CT molecular complexity index is 1100. The summed E-state index contributed by atoms with van der Waals surface area (Å²) in [5.74, 6) is -0.404. The summed E-state index contributed by atoms with van der Waals surface area (Å²) < 4.78 is 13.4. The number of aromatic nitrogens is 1. The summed E-state index contributed by atoms with van der Waals surface area (Å²) in [7, 11) is 0. The number of aromatic amines is 1. The first-order chi connectivity index (χ1) is 12.6. The van der Waals surface area contributed by atoms with E-state index in [0.717, 1.165) is 32.9 Å². The first kappa shape index (κ1) is 16.3. The van der Waals surface area contributed by atoms with Crippen molar-refractivity contribution in [3.05, 3.63) is 77.6 Å². The van der Waals surface area contributed by atoms with Crippen LogP contribution in [0.2, 0.25) is 0 Å². The molecule has 0 fully saturated rings. The minimum atomic E-state index is -0.282. The molecule has 1 amide bonds. The number of H-pyrrole nitrogens is 1. The van der Waals surface area contributed by atoms with E-state index in [2.05, 4.69) is 10.3 Å². The zero-order chi connectivity index (χ0) is 18.1. The van der Waals surface area contributed by atoms with Crippen LogP contribution < -0.4 is 5.32 Å². The van der Waals surface area contributed by atoms with E-state index in [-0.39, 0.29) is 24.8 Å². The monoisotopic (exact) mass is 348 g/mol. The molecule has 0 spiro atoms. The summed E-state index contributed by atoms with van der Waals surface area (Å²) in [4.78, 5) is 15.5. The summed E-state index contributed by atoms with van der Waals surface area (Å²) in [6.45, 7) is -0.0252. The molecule has 1 heterocycles. The van der Waals surface area contributed by atoms with E-state index in [1.165, 1.54) is 12.1 Å². The first-order valence-corrected chi connectivity index (χ1v) is 8.32. The molecule has 0 radical (unpaired) electrons. The van der Waals surface area contributed by atoms with Crippen LogP contribution in [-0.4, -0.2) is 16.0 Å². The quantitative estimate of drug-likeness (QED) is 0.519. The molecule has 130 valence electrons. The first-order valence-electron chi connectivity index (χ1n) is 8.32. The van der Waals surface area contributed by atoms with Gasteiger partial charge in [0.1, 0.15) is 5.82 Å². The van der Waals surface area contributed by atoms with E-state index in [0.29, 0.717) is 5.69 Å². The number of nitrogens with one attached hydrogen (secondary N) is 2. The molecule has 0 aliphatic carbocycles. The number of aliphatic hydroxyl groups excluding tert-OH is 1. The number of amides is 1. The Balaban J connectivity index is 1.54. The number of aliphatic hydroxyl groups is 1. The normalized spacial score (nSPS) is 11.2. The van der Waals surface area contributed by atoms with E-state index >= 15 is 0 Å². The van der Waals surface area contributed by atoms with Crippen LogP contribution >= 0.6 is 0 Å². The molecule has 26 heavy (non-hydrogen) atoms. The van der Waals surface area contributed by atoms with Gasteiger partial charge in [0.15, 0.2) is 0 Å². The molecule has 0 saturated carbocycles. The van der Waals surface area contributed by atoms with E-state index in [1.54, 1.807) is 30.3 Å². The van der Waals surface area contributed by atoms with Crippen molar-refractivity contribution in [1.29, 1.82) is 0 Å². The minimum Gasteiger partial charge on any atom is -0.392 e. The van der Waals surface area contributed by atoms with Gasteiger partial charge in [-0.2, -0.15) is 0 Å². The molecular weight excluding hydrogens is 331 g/mol. The predicted octanol–water partition coefficient (Wildman–Crippen LogP) is 4.13. The van der Waals surface area contributed by atoms with Crippen LogP contribution in [0, 0.1) is 5.82 Å². The number of fused-ring (bicyclic) bond motifs is 3. The highest BCUT2D eigenvalue weighted by atomic mass is 19.1. The fourth-order valence-electron chi connectivity index (χ4n) is 3.12. The predicted molar refractivity (Wildman–Crippen MR) is 100 cm³/mol. The van der Waals surface area contributed by atoms with Crippen molar-refractivity contribution in [2.75, 3.05) is 5.32 Å². The maximum absolute atomic E-state index is 13.4. The lowest BCUT2D eigenvalue weighted by Gasteiger charge is -2.06. The van der Waals surface area contributed by atoms with Gasteiger partial charge in [0.25, 0.3) is 0 Å². The summed E-state index contributed by atoms with van der Waals surface area (Å²) in [5, 5.41) is 13.9. The van der Waals surface area contributed by atoms with Crippen LogP contribution in [0.15, 0.2) is 60.7 Å². The van der Waals surface area contributed by atoms with Gasteiger partial charge in [0, 0.05) is 27.5 Å². The van der Waals surface area contributed by atoms with Crippen LogP contribution in [-0.2, 0) is 17.8 Å². The molecule has 5 heteroatoms. The van der Waals surface area contributed by atoms with Crippen LogP contribution in [0.3, 0.4) is 0 Å². The largest absolute Gasteiger partial charge is 0.392 e. The average molecular weight is 348 g/mol. The molecule has 4 aromatic rings. The van der Waals surface area contributed by atoms with Gasteiger partial charge in [-0.15, -0.1) is 0 Å². The smallest absolute Gasteiger partial charge is 0.228 e. The Morgan fingerprint density at radius 1 is 0.923 bits per heavy atom. The van der Waals surface area contributed by atoms with Gasteiger partial charge in [0.05, 0.1) is 13.0 Å². The van der Waals surface area contributed by atoms with Crippen LogP contribution in [0.4, 0.5) is 10.1 Å². The highest BCUT2D eigenvalue weighted by Gasteiger charge is 2.09. The number of anilines is 1. The molecule has 0 atom stereocenters. The van der Waals surface area contributed by atoms with E-state index in [4.69, 9.17) is 5.11 Å². The molecular formula is C21H17FN2O2. The van der Waals surface area contributed by atoms with Crippen molar-refractivity contribution in [3.63, 3.8) is 0 Å². The average Bonchev–Trinajstić information content (AvgIpc) is 2.98. The third-order valence-corrected chi connectivity index (χ3v) is 4.41. The van der Waals surface area contributed by atoms with Crippen molar-refractivity contribution in [2.45, 2.75) is 13.0 Å². The Morgan fingerprint density at radius 3 is 2.31 bits per heavy atom. The van der Waals surface area contributed by atoms with Crippen molar-refractivity contribution >= 4 is 33.4 Å². The van der Waals surface area contributed by atoms with Crippen LogP contribution in [0.5, 0.6) is 0 Å². The van der Waals surface area contributed by atoms with Gasteiger partial charge in [0.2, 0.25) is 5.91 Å². The topological polar surface area (TPSA) is 65.1 Å². The summed E-state index contributed by atoms with van der Waals surface area (Å²) in [6, 6.07) is 17.5. The lowest BCUT2D eigenvalue weighted by molar-refractivity contribution is -0.115. The van der Waals surface area contributed by atoms with Crippen molar-refractivity contribution < 1.29 is 14.3 Å². The molecule has 0 bridgehead atoms. The molecule has 4 nitrogen and oxygen atoms in total. The van der Waals surface area contributed by atoms with Gasteiger partial charge in [-0.1, -0.05) is 24.3 Å². The minimum absolute atomic E-state index is 0.0252. The van der Waals surface area contributed by atoms with Crippen LogP contribution in [0.25, 0.3) is 21.8 Å². The second-order valence-electron chi connectivity index (χ2n) is 6.27. The lowest BCUT2D eigenvalue weighted by Crippen LogP contribution is -2.14. The second-order valence-corrected chi connectivity index (χ2v) is 6.27. The highest BCUT2D eigenvalue weighted by molar-refractivity contribution is 6.07. The number of hydrogen-bond acceptors (Lipinski definition) is 2. The van der Waals surface area contributed by atoms with E-state index < -0.39 is 0 Å². The molecule has 3 N–H and O–H groups in total. The molecule has 0 aliphatic heterocycles. The fraction of sp³-hybridized carbons (Fsp3) is 0.0952. The zero-order valence-corrected chi connectivity index (χ0v) is 13.9. The molecule has 1 aromatic heterocycles. The number of benzene rings is 3. The Morgan fingerprint density at radius 2 is 1.58 bits per heavy atom. The second kappa shape index (κ2) is 6.61. The van der Waals surface area contributed by atoms with Gasteiger partial charge >= 0.3 is 0 Å². The maximum Gasteiger partial charge on any atom is 0.228 e. The molecule has 3 aromatic carbocycles. The third kappa shape index (κ3) is 3.17. The number of halogens is 1. The Hall–Kier alpha value is -3.18. The van der Waals surface area contributed by atoms with Gasteiger partial charge in [-0.3, -0.25) is 4.79 Å². The number of carbonyl (C=O) groups excluding carboxylic acids is 1. The van der Waals surface area contributed by atoms with Crippen molar-refractivity contribution in [2.24, 2.45) is 0 Å². The summed E-state index contributed by atoms with van der Waals surface area (Å²) in [6.07, 6.45) is 0.238. The van der Waals surface area contributed by atoms with Crippen LogP contribution in [0.1, 0.15) is 11.1 Å². The number of rotatable bonds is 4. The lowest BCUT2D eigenvalue weighted by atomic mass is 10.1. The van der Waals surface area contributed by atoms with Gasteiger partial charge in [-0.05, 0) is 47.5 Å². The summed E-state index contributed by atoms with van der Waals surface area (Å²) >= 11 is 0. The van der Waals surface area contributed by atoms with Crippen molar-refractivity contribution in [3.8, 4) is 0 Å². The van der Waals surface area contributed by atoms with Gasteiger partial charge < -0.3 is 15.4 Å². The Labute approximate surface area is 149 Å². The third-order valence-electron chi connectivity index (χ3n) is 4.41. The Kier molecular flexibility index (Phi) is 4.14. The van der Waals surface area contributed by atoms with E-state index in [1.807, 2.05) is 18.2 Å². The molecule has 0 saturated heterocycles. The highest BCUT2D eigenvalue weighted by Crippen LogP contribution is 2.27. The maximum atomic E-state index is 13.4. The van der Waals surface area contributed by atoms with Crippen molar-refractivity contribution in [1.82, 2.24) is 4.98 Å². The summed E-state index contributed by atoms with van der Waals surface area (Å²) in [5.41, 5.74) is 3.97. The SMILES string of the molecule is O=C(Cc1ccc2c(c1)[nH]c1cc(F)ccc12)Nc1ccc(CO)cc1.